The number of carbonyl (C=O) groups excluding carboxylic acids is 1. The molecule has 1 rings (SSSR count). The zero-order chi connectivity index (χ0) is 15.7. The number of rotatable bonds is 9. The molecule has 3 heteroatoms. The summed E-state index contributed by atoms with van der Waals surface area (Å²) in [5.41, 5.74) is 0.550. The minimum absolute atomic E-state index is 0.155. The van der Waals surface area contributed by atoms with Crippen LogP contribution in [0.15, 0.2) is 12.2 Å². The molecular weight excluding hydrogens is 276 g/mol. The van der Waals surface area contributed by atoms with E-state index in [2.05, 4.69) is 20.4 Å². The topological polar surface area (TPSA) is 26.3 Å². The van der Waals surface area contributed by atoms with Gasteiger partial charge in [0.15, 0.2) is 0 Å². The standard InChI is InChI=1S/C18H34O2Si/c1-5-7-11-16-12-9-10-14-18(16,13-8-6-2)21-20-17(19)15(3)4/h16H,3,5-14,21H2,1-2,4H3. The van der Waals surface area contributed by atoms with Gasteiger partial charge >= 0.3 is 5.97 Å². The first-order valence-corrected chi connectivity index (χ1v) is 10.2. The van der Waals surface area contributed by atoms with E-state index in [1.807, 2.05) is 0 Å². The van der Waals surface area contributed by atoms with E-state index in [0.717, 1.165) is 5.92 Å². The maximum Gasteiger partial charge on any atom is 0.319 e. The van der Waals surface area contributed by atoms with Gasteiger partial charge in [0.2, 0.25) is 9.76 Å². The van der Waals surface area contributed by atoms with Crippen LogP contribution in [0.1, 0.15) is 85.0 Å². The van der Waals surface area contributed by atoms with Crippen molar-refractivity contribution in [2.24, 2.45) is 5.92 Å². The summed E-state index contributed by atoms with van der Waals surface area (Å²) >= 11 is 0. The summed E-state index contributed by atoms with van der Waals surface area (Å²) in [4.78, 5) is 11.8. The van der Waals surface area contributed by atoms with Crippen LogP contribution in [0.25, 0.3) is 0 Å². The minimum atomic E-state index is -0.838. The molecule has 0 spiro atoms. The van der Waals surface area contributed by atoms with Gasteiger partial charge in [-0.15, -0.1) is 0 Å². The lowest BCUT2D eigenvalue weighted by atomic mass is 9.73. The van der Waals surface area contributed by atoms with Crippen molar-refractivity contribution in [1.29, 1.82) is 0 Å². The van der Waals surface area contributed by atoms with Gasteiger partial charge in [-0.05, 0) is 30.7 Å². The average molecular weight is 311 g/mol. The van der Waals surface area contributed by atoms with Crippen LogP contribution in [-0.4, -0.2) is 15.7 Å². The number of hydrogen-bond donors (Lipinski definition) is 0. The fraction of sp³-hybridized carbons (Fsp3) is 0.833. The average Bonchev–Trinajstić information content (AvgIpc) is 2.49. The molecule has 0 bridgehead atoms. The predicted octanol–water partition coefficient (Wildman–Crippen LogP) is 4.92. The van der Waals surface area contributed by atoms with Crippen molar-refractivity contribution >= 4 is 15.7 Å². The van der Waals surface area contributed by atoms with E-state index in [-0.39, 0.29) is 5.97 Å². The Balaban J connectivity index is 2.76. The second kappa shape index (κ2) is 9.45. The molecule has 21 heavy (non-hydrogen) atoms. The minimum Gasteiger partial charge on any atom is -0.521 e. The fourth-order valence-corrected chi connectivity index (χ4v) is 5.83. The molecule has 0 radical (unpaired) electrons. The molecule has 0 aromatic carbocycles. The van der Waals surface area contributed by atoms with Crippen molar-refractivity contribution in [1.82, 2.24) is 0 Å². The van der Waals surface area contributed by atoms with Crippen LogP contribution in [0.3, 0.4) is 0 Å². The second-order valence-corrected chi connectivity index (χ2v) is 8.89. The third-order valence-electron chi connectivity index (χ3n) is 5.12. The van der Waals surface area contributed by atoms with Gasteiger partial charge in [-0.25, -0.2) is 4.79 Å². The predicted molar refractivity (Wildman–Crippen MR) is 93.2 cm³/mol. The van der Waals surface area contributed by atoms with Gasteiger partial charge in [-0.1, -0.05) is 71.8 Å². The summed E-state index contributed by atoms with van der Waals surface area (Å²) in [6.45, 7) is 10.0. The van der Waals surface area contributed by atoms with E-state index in [9.17, 15) is 4.79 Å². The van der Waals surface area contributed by atoms with Crippen molar-refractivity contribution in [3.05, 3.63) is 12.2 Å². The Morgan fingerprint density at radius 1 is 1.29 bits per heavy atom. The summed E-state index contributed by atoms with van der Waals surface area (Å²) in [7, 11) is -0.838. The van der Waals surface area contributed by atoms with Crippen molar-refractivity contribution in [2.75, 3.05) is 0 Å². The van der Waals surface area contributed by atoms with Crippen LogP contribution in [0.4, 0.5) is 0 Å². The highest BCUT2D eigenvalue weighted by Gasteiger charge is 2.41. The van der Waals surface area contributed by atoms with Gasteiger partial charge in [0.25, 0.3) is 0 Å². The fourth-order valence-electron chi connectivity index (χ4n) is 3.73. The maximum atomic E-state index is 11.8. The van der Waals surface area contributed by atoms with Crippen LogP contribution in [0.5, 0.6) is 0 Å². The quantitative estimate of drug-likeness (QED) is 0.446. The lowest BCUT2D eigenvalue weighted by Gasteiger charge is -2.44. The molecular formula is C18H34O2Si. The van der Waals surface area contributed by atoms with Gasteiger partial charge in [-0.3, -0.25) is 0 Å². The van der Waals surface area contributed by atoms with Gasteiger partial charge in [0, 0.05) is 5.57 Å². The van der Waals surface area contributed by atoms with Crippen LogP contribution in [-0.2, 0) is 9.22 Å². The SMILES string of the molecule is C=C(C)C(=O)O[SiH2]C1(CCCC)CCCCC1CCCC. The van der Waals surface area contributed by atoms with Crippen molar-refractivity contribution < 1.29 is 9.22 Å². The highest BCUT2D eigenvalue weighted by molar-refractivity contribution is 6.36. The Morgan fingerprint density at radius 3 is 2.62 bits per heavy atom. The Labute approximate surface area is 133 Å². The van der Waals surface area contributed by atoms with E-state index in [1.54, 1.807) is 6.92 Å². The molecule has 0 aromatic rings. The van der Waals surface area contributed by atoms with Gasteiger partial charge in [0.05, 0.1) is 0 Å². The van der Waals surface area contributed by atoms with E-state index in [0.29, 0.717) is 10.6 Å². The second-order valence-electron chi connectivity index (χ2n) is 6.91. The molecule has 0 amide bonds. The third kappa shape index (κ3) is 5.61. The van der Waals surface area contributed by atoms with Gasteiger partial charge < -0.3 is 4.43 Å². The van der Waals surface area contributed by atoms with E-state index in [4.69, 9.17) is 4.43 Å². The third-order valence-corrected chi connectivity index (χ3v) is 7.38. The Hall–Kier alpha value is -0.573. The molecule has 0 aliphatic heterocycles. The van der Waals surface area contributed by atoms with Crippen LogP contribution < -0.4 is 0 Å². The first kappa shape index (κ1) is 18.5. The van der Waals surface area contributed by atoms with E-state index in [1.165, 1.54) is 64.2 Å². The first-order chi connectivity index (χ1) is 10.1. The molecule has 2 nitrogen and oxygen atoms in total. The maximum absolute atomic E-state index is 11.8. The highest BCUT2D eigenvalue weighted by atomic mass is 28.2. The number of carbonyl (C=O) groups is 1. The molecule has 1 fully saturated rings. The first-order valence-electron chi connectivity index (χ1n) is 8.88. The lowest BCUT2D eigenvalue weighted by molar-refractivity contribution is -0.130. The normalized spacial score (nSPS) is 26.1. The largest absolute Gasteiger partial charge is 0.521 e. The molecule has 0 saturated heterocycles. The zero-order valence-electron chi connectivity index (χ0n) is 14.4. The molecule has 122 valence electrons. The highest BCUT2D eigenvalue weighted by Crippen LogP contribution is 2.52. The summed E-state index contributed by atoms with van der Waals surface area (Å²) < 4.78 is 5.75. The van der Waals surface area contributed by atoms with Gasteiger partial charge in [0.1, 0.15) is 0 Å². The summed E-state index contributed by atoms with van der Waals surface area (Å²) in [6.07, 6.45) is 13.0. The zero-order valence-corrected chi connectivity index (χ0v) is 15.8. The number of hydrogen-bond acceptors (Lipinski definition) is 2. The molecule has 2 atom stereocenters. The molecule has 0 aromatic heterocycles. The molecule has 1 saturated carbocycles. The van der Waals surface area contributed by atoms with Crippen molar-refractivity contribution in [3.8, 4) is 0 Å². The smallest absolute Gasteiger partial charge is 0.319 e. The van der Waals surface area contributed by atoms with Gasteiger partial charge in [-0.2, -0.15) is 0 Å². The van der Waals surface area contributed by atoms with E-state index >= 15 is 0 Å². The number of unbranched alkanes of at least 4 members (excludes halogenated alkanes) is 2. The van der Waals surface area contributed by atoms with E-state index < -0.39 is 9.76 Å². The Morgan fingerprint density at radius 2 is 2.00 bits per heavy atom. The van der Waals surface area contributed by atoms with Crippen molar-refractivity contribution in [3.63, 3.8) is 0 Å². The molecule has 1 aliphatic rings. The van der Waals surface area contributed by atoms with Crippen molar-refractivity contribution in [2.45, 2.75) is 90.0 Å². The molecule has 0 N–H and O–H groups in total. The Kier molecular flexibility index (Phi) is 8.31. The van der Waals surface area contributed by atoms with Crippen LogP contribution in [0.2, 0.25) is 5.04 Å². The molecule has 2 unspecified atom stereocenters. The van der Waals surface area contributed by atoms with Crippen LogP contribution >= 0.6 is 0 Å². The lowest BCUT2D eigenvalue weighted by Crippen LogP contribution is -2.35. The summed E-state index contributed by atoms with van der Waals surface area (Å²) in [6, 6.07) is 0. The molecule has 1 aliphatic carbocycles. The Bertz CT molecular complexity index is 340. The summed E-state index contributed by atoms with van der Waals surface area (Å²) in [5, 5.41) is 0.370. The monoisotopic (exact) mass is 310 g/mol. The molecule has 0 heterocycles. The van der Waals surface area contributed by atoms with Crippen LogP contribution in [0, 0.1) is 5.92 Å². The summed E-state index contributed by atoms with van der Waals surface area (Å²) in [5.74, 6) is 0.639.